The second-order valence-corrected chi connectivity index (χ2v) is 7.86. The van der Waals surface area contributed by atoms with E-state index in [1.54, 1.807) is 12.1 Å². The third-order valence-electron chi connectivity index (χ3n) is 3.74. The van der Waals surface area contributed by atoms with E-state index >= 15 is 0 Å². The number of hydrogen-bond donors (Lipinski definition) is 3. The van der Waals surface area contributed by atoms with Gasteiger partial charge < -0.3 is 20.2 Å². The van der Waals surface area contributed by atoms with Gasteiger partial charge in [-0.1, -0.05) is 17.7 Å². The number of anilines is 1. The summed E-state index contributed by atoms with van der Waals surface area (Å²) in [5.41, 5.74) is 6.35. The Bertz CT molecular complexity index is 1150. The van der Waals surface area contributed by atoms with Gasteiger partial charge in [0.2, 0.25) is 16.9 Å². The van der Waals surface area contributed by atoms with Gasteiger partial charge in [0.15, 0.2) is 5.76 Å². The van der Waals surface area contributed by atoms with Crippen LogP contribution in [-0.2, 0) is 14.8 Å². The number of furan rings is 1. The van der Waals surface area contributed by atoms with Crippen LogP contribution in [0.2, 0.25) is 0 Å². The topological polar surface area (TPSA) is 154 Å². The highest BCUT2D eigenvalue weighted by Crippen LogP contribution is 2.21. The number of benzene rings is 1. The van der Waals surface area contributed by atoms with Crippen molar-refractivity contribution in [1.29, 1.82) is 0 Å². The highest BCUT2D eigenvalue weighted by molar-refractivity contribution is 7.89. The van der Waals surface area contributed by atoms with Gasteiger partial charge in [-0.25, -0.2) is 13.4 Å². The fraction of sp³-hybridized carbons (Fsp3) is 0.105. The second kappa shape index (κ2) is 8.76. The van der Waals surface area contributed by atoms with Gasteiger partial charge in [0, 0.05) is 6.07 Å². The van der Waals surface area contributed by atoms with Gasteiger partial charge in [-0.05, 0) is 37.3 Å². The Labute approximate surface area is 172 Å². The summed E-state index contributed by atoms with van der Waals surface area (Å²) in [6, 6.07) is 12.9. The third-order valence-corrected chi connectivity index (χ3v) is 5.02. The van der Waals surface area contributed by atoms with E-state index in [0.29, 0.717) is 17.3 Å². The maximum Gasteiger partial charge on any atom is 0.291 e. The molecule has 11 heteroatoms. The first-order chi connectivity index (χ1) is 14.2. The van der Waals surface area contributed by atoms with Crippen LogP contribution in [0.5, 0.6) is 11.6 Å². The number of nitrogens with two attached hydrogens (primary N) is 1. The number of carbonyl (C=O) groups is 2. The minimum Gasteiger partial charge on any atom is -0.439 e. The van der Waals surface area contributed by atoms with Crippen molar-refractivity contribution >= 4 is 27.5 Å². The van der Waals surface area contributed by atoms with Crippen LogP contribution in [0.25, 0.3) is 0 Å². The van der Waals surface area contributed by atoms with Gasteiger partial charge in [-0.2, -0.15) is 4.72 Å². The number of pyridine rings is 1. The summed E-state index contributed by atoms with van der Waals surface area (Å²) < 4.78 is 36.6. The van der Waals surface area contributed by atoms with E-state index in [2.05, 4.69) is 10.3 Å². The van der Waals surface area contributed by atoms with Crippen LogP contribution < -0.4 is 20.5 Å². The van der Waals surface area contributed by atoms with E-state index < -0.39 is 33.5 Å². The lowest BCUT2D eigenvalue weighted by atomic mass is 10.2. The van der Waals surface area contributed by atoms with Crippen molar-refractivity contribution in [3.63, 3.8) is 0 Å². The molecule has 0 fully saturated rings. The molecule has 0 saturated carbocycles. The van der Waals surface area contributed by atoms with E-state index in [1.165, 1.54) is 12.3 Å². The number of aryl methyl sites for hydroxylation is 1. The highest BCUT2D eigenvalue weighted by Gasteiger charge is 2.21. The van der Waals surface area contributed by atoms with Gasteiger partial charge in [-0.3, -0.25) is 9.59 Å². The molecule has 2 amide bonds. The predicted octanol–water partition coefficient (Wildman–Crippen LogP) is 1.79. The third kappa shape index (κ3) is 5.43. The van der Waals surface area contributed by atoms with E-state index in [1.807, 2.05) is 35.9 Å². The Morgan fingerprint density at radius 3 is 2.47 bits per heavy atom. The van der Waals surface area contributed by atoms with Crippen LogP contribution in [0, 0.1) is 6.92 Å². The number of amides is 2. The first-order valence-electron chi connectivity index (χ1n) is 8.63. The molecule has 0 saturated heterocycles. The molecular formula is C19H18N4O6S. The molecule has 0 aliphatic rings. The van der Waals surface area contributed by atoms with Crippen molar-refractivity contribution in [2.75, 3.05) is 11.9 Å². The van der Waals surface area contributed by atoms with E-state index in [4.69, 9.17) is 14.9 Å². The monoisotopic (exact) mass is 430 g/mol. The zero-order valence-corrected chi connectivity index (χ0v) is 16.6. The molecule has 0 atom stereocenters. The number of rotatable bonds is 8. The number of nitrogens with one attached hydrogen (secondary N) is 2. The average Bonchev–Trinajstić information content (AvgIpc) is 3.21. The summed E-state index contributed by atoms with van der Waals surface area (Å²) in [6.07, 6.45) is 1.39. The number of hydrogen-bond acceptors (Lipinski definition) is 7. The van der Waals surface area contributed by atoms with Crippen molar-refractivity contribution in [2.24, 2.45) is 5.73 Å². The second-order valence-electron chi connectivity index (χ2n) is 6.16. The predicted molar refractivity (Wildman–Crippen MR) is 107 cm³/mol. The van der Waals surface area contributed by atoms with E-state index in [0.717, 1.165) is 11.6 Å². The van der Waals surface area contributed by atoms with Crippen molar-refractivity contribution in [3.8, 4) is 11.6 Å². The van der Waals surface area contributed by atoms with Crippen molar-refractivity contribution in [2.45, 2.75) is 12.0 Å². The molecule has 4 N–H and O–H groups in total. The maximum atomic E-state index is 12.3. The first-order valence-corrected chi connectivity index (χ1v) is 10.1. The van der Waals surface area contributed by atoms with Gasteiger partial charge in [0.25, 0.3) is 15.9 Å². The fourth-order valence-electron chi connectivity index (χ4n) is 2.26. The van der Waals surface area contributed by atoms with E-state index in [9.17, 15) is 18.0 Å². The van der Waals surface area contributed by atoms with Gasteiger partial charge >= 0.3 is 0 Å². The lowest BCUT2D eigenvalue weighted by Gasteiger charge is -2.07. The molecular weight excluding hydrogens is 412 g/mol. The van der Waals surface area contributed by atoms with Crippen LogP contribution >= 0.6 is 0 Å². The number of aromatic nitrogens is 1. The Kier molecular flexibility index (Phi) is 6.14. The molecule has 156 valence electrons. The van der Waals surface area contributed by atoms with Crippen LogP contribution in [0.1, 0.15) is 16.1 Å². The summed E-state index contributed by atoms with van der Waals surface area (Å²) in [6.45, 7) is 1.38. The maximum absolute atomic E-state index is 12.3. The molecule has 0 aliphatic carbocycles. The van der Waals surface area contributed by atoms with Crippen LogP contribution in [-0.4, -0.2) is 31.8 Å². The fourth-order valence-corrected chi connectivity index (χ4v) is 3.18. The van der Waals surface area contributed by atoms with Crippen molar-refractivity contribution < 1.29 is 27.2 Å². The summed E-state index contributed by atoms with van der Waals surface area (Å²) in [5.74, 6) is -0.817. The number of nitrogens with zero attached hydrogens (tertiary/aromatic N) is 1. The lowest BCUT2D eigenvalue weighted by molar-refractivity contribution is -0.116. The molecule has 1 aromatic carbocycles. The number of ether oxygens (including phenoxy) is 1. The molecule has 2 heterocycles. The van der Waals surface area contributed by atoms with Crippen molar-refractivity contribution in [1.82, 2.24) is 9.71 Å². The Hall–Kier alpha value is -3.70. The van der Waals surface area contributed by atoms with Crippen LogP contribution in [0.3, 0.4) is 0 Å². The van der Waals surface area contributed by atoms with Gasteiger partial charge in [0.05, 0.1) is 18.4 Å². The SMILES string of the molecule is Cc1ccc(Oc2ccc(NC(=O)c3ccc(S(=O)(=O)NCC(N)=O)o3)cn2)cc1. The molecule has 2 aromatic heterocycles. The molecule has 0 unspecified atom stereocenters. The normalized spacial score (nSPS) is 11.1. The quantitative estimate of drug-likeness (QED) is 0.492. The molecule has 10 nitrogen and oxygen atoms in total. The molecule has 0 spiro atoms. The van der Waals surface area contributed by atoms with Gasteiger partial charge in [-0.15, -0.1) is 0 Å². The van der Waals surface area contributed by atoms with Crippen LogP contribution in [0.4, 0.5) is 5.69 Å². The zero-order valence-electron chi connectivity index (χ0n) is 15.8. The Morgan fingerprint density at radius 2 is 1.83 bits per heavy atom. The van der Waals surface area contributed by atoms with Crippen LogP contribution in [0.15, 0.2) is 64.2 Å². The minimum absolute atomic E-state index is 0.241. The number of primary amides is 1. The zero-order chi connectivity index (χ0) is 21.7. The molecule has 0 aliphatic heterocycles. The molecule has 30 heavy (non-hydrogen) atoms. The van der Waals surface area contributed by atoms with Crippen molar-refractivity contribution in [3.05, 3.63) is 66.1 Å². The molecule has 3 rings (SSSR count). The van der Waals surface area contributed by atoms with Gasteiger partial charge in [0.1, 0.15) is 5.75 Å². The number of carbonyl (C=O) groups excluding carboxylic acids is 2. The highest BCUT2D eigenvalue weighted by atomic mass is 32.2. The lowest BCUT2D eigenvalue weighted by Crippen LogP contribution is -2.33. The first kappa shape index (κ1) is 21.0. The standard InChI is InChI=1S/C19H18N4O6S/c1-12-2-5-14(6-3-12)28-17-8-4-13(10-21-17)23-19(25)15-7-9-18(29-15)30(26,27)22-11-16(20)24/h2-10,22H,11H2,1H3,(H2,20,24)(H,23,25). The summed E-state index contributed by atoms with van der Waals surface area (Å²) in [7, 11) is -4.11. The van der Waals surface area contributed by atoms with E-state index in [-0.39, 0.29) is 5.76 Å². The summed E-state index contributed by atoms with van der Waals surface area (Å²) in [5, 5.41) is 2.01. The average molecular weight is 430 g/mol. The number of sulfonamides is 1. The molecule has 3 aromatic rings. The smallest absolute Gasteiger partial charge is 0.291 e. The molecule has 0 bridgehead atoms. The Balaban J connectivity index is 1.63. The Morgan fingerprint density at radius 1 is 1.10 bits per heavy atom. The minimum atomic E-state index is -4.11. The summed E-state index contributed by atoms with van der Waals surface area (Å²) >= 11 is 0. The summed E-state index contributed by atoms with van der Waals surface area (Å²) in [4.78, 5) is 27.1. The molecule has 0 radical (unpaired) electrons. The largest absolute Gasteiger partial charge is 0.439 e.